The molecular formula is C17H15BrO4. The number of carboxylic acids is 2. The van der Waals surface area contributed by atoms with E-state index in [1.165, 1.54) is 0 Å². The maximum Gasteiger partial charge on any atom is 0.336 e. The molecule has 22 heavy (non-hydrogen) atoms. The fourth-order valence-electron chi connectivity index (χ4n) is 2.58. The predicted molar refractivity (Wildman–Crippen MR) is 87.9 cm³/mol. The highest BCUT2D eigenvalue weighted by Crippen LogP contribution is 2.32. The van der Waals surface area contributed by atoms with Crippen molar-refractivity contribution in [3.8, 4) is 11.1 Å². The van der Waals surface area contributed by atoms with Gasteiger partial charge in [-0.1, -0.05) is 34.1 Å². The lowest BCUT2D eigenvalue weighted by atomic mass is 9.90. The number of hydrogen-bond acceptors (Lipinski definition) is 2. The maximum atomic E-state index is 11.4. The van der Waals surface area contributed by atoms with E-state index < -0.39 is 11.9 Å². The molecule has 114 valence electrons. The molecule has 0 spiro atoms. The van der Waals surface area contributed by atoms with Gasteiger partial charge >= 0.3 is 11.9 Å². The Balaban J connectivity index is 2.65. The minimum atomic E-state index is -0.971. The summed E-state index contributed by atoms with van der Waals surface area (Å²) in [6.45, 7) is 3.56. The number of hydrogen-bond donors (Lipinski definition) is 2. The first-order valence-corrected chi connectivity index (χ1v) is 7.75. The lowest BCUT2D eigenvalue weighted by Crippen LogP contribution is -2.07. The highest BCUT2D eigenvalue weighted by molar-refractivity contribution is 9.08. The Morgan fingerprint density at radius 3 is 2.09 bits per heavy atom. The van der Waals surface area contributed by atoms with E-state index in [1.807, 2.05) is 6.07 Å². The van der Waals surface area contributed by atoms with Gasteiger partial charge in [-0.2, -0.15) is 0 Å². The molecule has 0 unspecified atom stereocenters. The molecule has 0 amide bonds. The number of carboxylic acid groups (broad SMARTS) is 2. The van der Waals surface area contributed by atoms with Crippen LogP contribution >= 0.6 is 15.9 Å². The van der Waals surface area contributed by atoms with Crippen molar-refractivity contribution in [2.24, 2.45) is 0 Å². The van der Waals surface area contributed by atoms with E-state index in [-0.39, 0.29) is 5.56 Å². The molecule has 0 aliphatic heterocycles. The molecule has 5 heteroatoms. The third-order valence-electron chi connectivity index (χ3n) is 3.70. The number of aryl methyl sites for hydroxylation is 1. The average Bonchev–Trinajstić information content (AvgIpc) is 2.46. The zero-order chi connectivity index (χ0) is 16.4. The minimum absolute atomic E-state index is 0.222. The van der Waals surface area contributed by atoms with Gasteiger partial charge in [0.2, 0.25) is 0 Å². The van der Waals surface area contributed by atoms with Crippen LogP contribution in [0.15, 0.2) is 30.3 Å². The lowest BCUT2D eigenvalue weighted by Gasteiger charge is -2.16. The molecule has 0 aromatic heterocycles. The molecule has 0 bridgehead atoms. The Morgan fingerprint density at radius 1 is 1.05 bits per heavy atom. The number of aromatic carboxylic acids is 2. The molecule has 2 rings (SSSR count). The van der Waals surface area contributed by atoms with Gasteiger partial charge in [-0.25, -0.2) is 9.59 Å². The van der Waals surface area contributed by atoms with Crippen LogP contribution in [0.3, 0.4) is 0 Å². The molecule has 0 aliphatic rings. The summed E-state index contributed by atoms with van der Waals surface area (Å²) >= 11 is 3.41. The molecule has 2 aromatic rings. The van der Waals surface area contributed by atoms with Gasteiger partial charge in [-0.05, 0) is 53.8 Å². The Hall–Kier alpha value is -2.14. The minimum Gasteiger partial charge on any atom is -0.478 e. The van der Waals surface area contributed by atoms with E-state index in [0.29, 0.717) is 16.5 Å². The highest BCUT2D eigenvalue weighted by atomic mass is 79.9. The molecular weight excluding hydrogens is 348 g/mol. The van der Waals surface area contributed by atoms with Crippen LogP contribution in [0, 0.1) is 13.8 Å². The van der Waals surface area contributed by atoms with Crippen LogP contribution in [-0.4, -0.2) is 22.2 Å². The van der Waals surface area contributed by atoms with Gasteiger partial charge in [0.15, 0.2) is 0 Å². The van der Waals surface area contributed by atoms with Gasteiger partial charge < -0.3 is 10.2 Å². The van der Waals surface area contributed by atoms with E-state index in [1.54, 1.807) is 38.1 Å². The summed E-state index contributed by atoms with van der Waals surface area (Å²) in [5.74, 6) is -1.91. The molecule has 0 fully saturated rings. The van der Waals surface area contributed by atoms with Crippen LogP contribution in [0.25, 0.3) is 11.1 Å². The molecule has 0 heterocycles. The smallest absolute Gasteiger partial charge is 0.336 e. The van der Waals surface area contributed by atoms with Crippen LogP contribution in [-0.2, 0) is 5.33 Å². The largest absolute Gasteiger partial charge is 0.478 e. The SMILES string of the molecule is Cc1cc(-c2ccc(C(=O)O)cc2)c(CBr)c(C)c1C(=O)O. The van der Waals surface area contributed by atoms with Crippen molar-refractivity contribution in [3.63, 3.8) is 0 Å². The molecule has 4 nitrogen and oxygen atoms in total. The van der Waals surface area contributed by atoms with Crippen molar-refractivity contribution in [1.82, 2.24) is 0 Å². The first kappa shape index (κ1) is 16.2. The summed E-state index contributed by atoms with van der Waals surface area (Å²) in [6, 6.07) is 8.41. The van der Waals surface area contributed by atoms with Gasteiger partial charge in [0.25, 0.3) is 0 Å². The fraction of sp³-hybridized carbons (Fsp3) is 0.176. The lowest BCUT2D eigenvalue weighted by molar-refractivity contribution is 0.0685. The maximum absolute atomic E-state index is 11.4. The number of halogens is 1. The van der Waals surface area contributed by atoms with Crippen molar-refractivity contribution in [1.29, 1.82) is 0 Å². The summed E-state index contributed by atoms with van der Waals surface area (Å²) in [6.07, 6.45) is 0. The van der Waals surface area contributed by atoms with Crippen LogP contribution in [0.1, 0.15) is 37.4 Å². The van der Waals surface area contributed by atoms with Crippen LogP contribution in [0.4, 0.5) is 0 Å². The molecule has 2 aromatic carbocycles. The van der Waals surface area contributed by atoms with E-state index in [0.717, 1.165) is 22.3 Å². The second-order valence-electron chi connectivity index (χ2n) is 5.04. The average molecular weight is 363 g/mol. The molecule has 0 saturated heterocycles. The Bertz CT molecular complexity index is 748. The van der Waals surface area contributed by atoms with Gasteiger partial charge in [-0.3, -0.25) is 0 Å². The topological polar surface area (TPSA) is 74.6 Å². The first-order valence-electron chi connectivity index (χ1n) is 6.62. The van der Waals surface area contributed by atoms with Crippen molar-refractivity contribution < 1.29 is 19.8 Å². The molecule has 0 radical (unpaired) electrons. The van der Waals surface area contributed by atoms with Crippen molar-refractivity contribution in [2.75, 3.05) is 0 Å². The van der Waals surface area contributed by atoms with Crippen LogP contribution < -0.4 is 0 Å². The van der Waals surface area contributed by atoms with Gasteiger partial charge in [0, 0.05) is 5.33 Å². The quantitative estimate of drug-likeness (QED) is 0.796. The zero-order valence-corrected chi connectivity index (χ0v) is 13.8. The highest BCUT2D eigenvalue weighted by Gasteiger charge is 2.18. The molecule has 0 atom stereocenters. The number of alkyl halides is 1. The van der Waals surface area contributed by atoms with Crippen molar-refractivity contribution >= 4 is 27.9 Å². The number of carbonyl (C=O) groups is 2. The third-order valence-corrected chi connectivity index (χ3v) is 4.26. The van der Waals surface area contributed by atoms with Crippen LogP contribution in [0.5, 0.6) is 0 Å². The normalized spacial score (nSPS) is 10.5. The Kier molecular flexibility index (Phi) is 4.66. The standard InChI is InChI=1S/C17H15BrO4/c1-9-7-13(11-3-5-12(6-4-11)16(19)20)14(8-18)10(2)15(9)17(21)22/h3-7H,8H2,1-2H3,(H,19,20)(H,21,22). The van der Waals surface area contributed by atoms with E-state index >= 15 is 0 Å². The summed E-state index contributed by atoms with van der Waals surface area (Å²) in [4.78, 5) is 22.3. The summed E-state index contributed by atoms with van der Waals surface area (Å²) in [5, 5.41) is 18.8. The Labute approximate surface area is 136 Å². The summed E-state index contributed by atoms with van der Waals surface area (Å²) in [5.41, 5.74) is 4.62. The number of rotatable bonds is 4. The second-order valence-corrected chi connectivity index (χ2v) is 5.60. The summed E-state index contributed by atoms with van der Waals surface area (Å²) < 4.78 is 0. The number of benzene rings is 2. The van der Waals surface area contributed by atoms with E-state index in [4.69, 9.17) is 5.11 Å². The fourth-order valence-corrected chi connectivity index (χ4v) is 3.30. The molecule has 2 N–H and O–H groups in total. The van der Waals surface area contributed by atoms with Crippen molar-refractivity contribution in [3.05, 3.63) is 58.1 Å². The zero-order valence-electron chi connectivity index (χ0n) is 12.2. The van der Waals surface area contributed by atoms with Crippen molar-refractivity contribution in [2.45, 2.75) is 19.2 Å². The second kappa shape index (κ2) is 6.32. The van der Waals surface area contributed by atoms with E-state index in [2.05, 4.69) is 15.9 Å². The van der Waals surface area contributed by atoms with Gasteiger partial charge in [0.1, 0.15) is 0 Å². The van der Waals surface area contributed by atoms with Crippen LogP contribution in [0.2, 0.25) is 0 Å². The monoisotopic (exact) mass is 362 g/mol. The Morgan fingerprint density at radius 2 is 1.64 bits per heavy atom. The molecule has 0 aliphatic carbocycles. The van der Waals surface area contributed by atoms with Gasteiger partial charge in [0.05, 0.1) is 11.1 Å². The van der Waals surface area contributed by atoms with E-state index in [9.17, 15) is 14.7 Å². The first-order chi connectivity index (χ1) is 10.4. The summed E-state index contributed by atoms with van der Waals surface area (Å²) in [7, 11) is 0. The third kappa shape index (κ3) is 2.90. The predicted octanol–water partition coefficient (Wildman–Crippen LogP) is 4.26. The molecule has 0 saturated carbocycles. The van der Waals surface area contributed by atoms with Gasteiger partial charge in [-0.15, -0.1) is 0 Å².